The molecule has 6 heteroatoms. The molecular formula is C16H22N2O4. The zero-order valence-corrected chi connectivity index (χ0v) is 13.4. The second-order valence-electron chi connectivity index (χ2n) is 5.66. The van der Waals surface area contributed by atoms with Gasteiger partial charge in [-0.25, -0.2) is 9.86 Å². The molecule has 0 N–H and O–H groups in total. The van der Waals surface area contributed by atoms with E-state index in [9.17, 15) is 9.59 Å². The zero-order valence-electron chi connectivity index (χ0n) is 13.4. The molecular weight excluding hydrogens is 284 g/mol. The third-order valence-electron chi connectivity index (χ3n) is 3.61. The lowest BCUT2D eigenvalue weighted by molar-refractivity contribution is -0.165. The normalized spacial score (nSPS) is 24.2. The third kappa shape index (κ3) is 3.06. The lowest BCUT2D eigenvalue weighted by atomic mass is 9.97. The minimum atomic E-state index is -1.16. The highest BCUT2D eigenvalue weighted by Crippen LogP contribution is 2.36. The maximum atomic E-state index is 12.4. The first kappa shape index (κ1) is 16.3. The zero-order chi connectivity index (χ0) is 16.3. The largest absolute Gasteiger partial charge is 0.464 e. The Bertz CT molecular complexity index is 546. The van der Waals surface area contributed by atoms with E-state index in [1.165, 1.54) is 9.96 Å². The molecule has 1 amide bonds. The highest BCUT2D eigenvalue weighted by molar-refractivity contribution is 5.88. The van der Waals surface area contributed by atoms with Crippen molar-refractivity contribution in [2.45, 2.75) is 31.9 Å². The number of rotatable bonds is 4. The molecule has 22 heavy (non-hydrogen) atoms. The van der Waals surface area contributed by atoms with Gasteiger partial charge in [-0.1, -0.05) is 18.2 Å². The summed E-state index contributed by atoms with van der Waals surface area (Å²) >= 11 is 0. The van der Waals surface area contributed by atoms with Crippen LogP contribution in [0.15, 0.2) is 30.3 Å². The minimum absolute atomic E-state index is 0.114. The number of hydrogen-bond donors (Lipinski definition) is 0. The molecule has 2 atom stereocenters. The van der Waals surface area contributed by atoms with E-state index in [1.54, 1.807) is 27.9 Å². The van der Waals surface area contributed by atoms with Gasteiger partial charge in [0.25, 0.3) is 0 Å². The Labute approximate surface area is 130 Å². The Morgan fingerprint density at radius 2 is 2.00 bits per heavy atom. The number of anilines is 1. The number of carbonyl (C=O) groups excluding carboxylic acids is 2. The average Bonchev–Trinajstić information content (AvgIpc) is 2.87. The van der Waals surface area contributed by atoms with Crippen LogP contribution in [0.3, 0.4) is 0 Å². The van der Waals surface area contributed by atoms with E-state index in [2.05, 4.69) is 0 Å². The molecule has 1 aromatic carbocycles. The first-order valence-corrected chi connectivity index (χ1v) is 7.31. The Morgan fingerprint density at radius 3 is 2.55 bits per heavy atom. The van der Waals surface area contributed by atoms with Crippen LogP contribution in [0.1, 0.15) is 20.3 Å². The van der Waals surface area contributed by atoms with Crippen molar-refractivity contribution in [1.82, 2.24) is 4.90 Å². The van der Waals surface area contributed by atoms with Crippen LogP contribution in [0.2, 0.25) is 0 Å². The van der Waals surface area contributed by atoms with Gasteiger partial charge in [-0.2, -0.15) is 0 Å². The van der Waals surface area contributed by atoms with Gasteiger partial charge in [-0.05, 0) is 26.0 Å². The van der Waals surface area contributed by atoms with Crippen LogP contribution in [0, 0.1) is 0 Å². The van der Waals surface area contributed by atoms with Gasteiger partial charge in [0, 0.05) is 20.5 Å². The summed E-state index contributed by atoms with van der Waals surface area (Å²) in [5.41, 5.74) is -0.432. The molecule has 0 spiro atoms. The van der Waals surface area contributed by atoms with E-state index < -0.39 is 17.6 Å². The van der Waals surface area contributed by atoms with Gasteiger partial charge >= 0.3 is 5.97 Å². The summed E-state index contributed by atoms with van der Waals surface area (Å²) in [6, 6.07) is 8.71. The second kappa shape index (κ2) is 6.36. The lowest BCUT2D eigenvalue weighted by Gasteiger charge is -2.26. The molecule has 0 bridgehead atoms. The topological polar surface area (TPSA) is 59.1 Å². The summed E-state index contributed by atoms with van der Waals surface area (Å²) in [4.78, 5) is 32.0. The van der Waals surface area contributed by atoms with Crippen molar-refractivity contribution in [3.05, 3.63) is 30.3 Å². The Balaban J connectivity index is 2.33. The number of likely N-dealkylation sites (N-methyl/N-ethyl adjacent to an activating group) is 1. The van der Waals surface area contributed by atoms with Crippen LogP contribution in [-0.2, 0) is 19.2 Å². The SMILES string of the molecule is CCOC(=O)C1(C)CC(C(=O)N(C)C)N(c2ccccc2)O1. The summed E-state index contributed by atoms with van der Waals surface area (Å²) in [5, 5.41) is 1.51. The molecule has 2 rings (SSSR count). The first-order chi connectivity index (χ1) is 10.4. The predicted octanol–water partition coefficient (Wildman–Crippen LogP) is 1.61. The molecule has 0 radical (unpaired) electrons. The van der Waals surface area contributed by atoms with Crippen molar-refractivity contribution in [2.75, 3.05) is 25.8 Å². The maximum Gasteiger partial charge on any atom is 0.340 e. The summed E-state index contributed by atoms with van der Waals surface area (Å²) < 4.78 is 5.09. The van der Waals surface area contributed by atoms with Crippen LogP contribution in [-0.4, -0.2) is 49.1 Å². The first-order valence-electron chi connectivity index (χ1n) is 7.31. The van der Waals surface area contributed by atoms with Gasteiger partial charge < -0.3 is 9.64 Å². The fourth-order valence-corrected chi connectivity index (χ4v) is 2.47. The van der Waals surface area contributed by atoms with E-state index >= 15 is 0 Å². The van der Waals surface area contributed by atoms with Crippen molar-refractivity contribution >= 4 is 17.6 Å². The molecule has 1 aromatic rings. The van der Waals surface area contributed by atoms with Crippen molar-refractivity contribution in [3.63, 3.8) is 0 Å². The molecule has 2 unspecified atom stereocenters. The van der Waals surface area contributed by atoms with E-state index in [4.69, 9.17) is 9.57 Å². The monoisotopic (exact) mass is 306 g/mol. The number of esters is 1. The van der Waals surface area contributed by atoms with E-state index in [0.717, 1.165) is 5.69 Å². The van der Waals surface area contributed by atoms with Crippen molar-refractivity contribution in [1.29, 1.82) is 0 Å². The van der Waals surface area contributed by atoms with Crippen LogP contribution >= 0.6 is 0 Å². The van der Waals surface area contributed by atoms with E-state index in [-0.39, 0.29) is 18.9 Å². The number of ether oxygens (including phenoxy) is 1. The highest BCUT2D eigenvalue weighted by Gasteiger charge is 2.52. The summed E-state index contributed by atoms with van der Waals surface area (Å²) in [5.74, 6) is -0.568. The van der Waals surface area contributed by atoms with Crippen LogP contribution in [0.4, 0.5) is 5.69 Å². The summed E-state index contributed by atoms with van der Waals surface area (Å²) in [7, 11) is 3.37. The number of para-hydroxylation sites is 1. The molecule has 6 nitrogen and oxygen atoms in total. The molecule has 0 aromatic heterocycles. The van der Waals surface area contributed by atoms with E-state index in [0.29, 0.717) is 0 Å². The van der Waals surface area contributed by atoms with Gasteiger partial charge in [-0.3, -0.25) is 9.63 Å². The van der Waals surface area contributed by atoms with Gasteiger partial charge in [0.2, 0.25) is 5.91 Å². The maximum absolute atomic E-state index is 12.4. The van der Waals surface area contributed by atoms with Crippen molar-refractivity contribution in [3.8, 4) is 0 Å². The minimum Gasteiger partial charge on any atom is -0.464 e. The lowest BCUT2D eigenvalue weighted by Crippen LogP contribution is -2.42. The molecule has 0 saturated carbocycles. The summed E-state index contributed by atoms with van der Waals surface area (Å²) in [6.45, 7) is 3.67. The molecule has 1 aliphatic rings. The van der Waals surface area contributed by atoms with E-state index in [1.807, 2.05) is 30.3 Å². The van der Waals surface area contributed by atoms with Crippen LogP contribution in [0.5, 0.6) is 0 Å². The second-order valence-corrected chi connectivity index (χ2v) is 5.66. The number of nitrogens with zero attached hydrogens (tertiary/aromatic N) is 2. The Morgan fingerprint density at radius 1 is 1.36 bits per heavy atom. The van der Waals surface area contributed by atoms with Gasteiger partial charge in [0.1, 0.15) is 6.04 Å². The van der Waals surface area contributed by atoms with Gasteiger partial charge in [0.15, 0.2) is 5.60 Å². The molecule has 0 aliphatic carbocycles. The van der Waals surface area contributed by atoms with Crippen molar-refractivity contribution < 1.29 is 19.2 Å². The van der Waals surface area contributed by atoms with Gasteiger partial charge in [-0.15, -0.1) is 0 Å². The smallest absolute Gasteiger partial charge is 0.340 e. The number of hydroxylamine groups is 1. The fraction of sp³-hybridized carbons (Fsp3) is 0.500. The number of amides is 1. The molecule has 1 saturated heterocycles. The number of benzene rings is 1. The predicted molar refractivity (Wildman–Crippen MR) is 82.1 cm³/mol. The molecule has 120 valence electrons. The van der Waals surface area contributed by atoms with Gasteiger partial charge in [0.05, 0.1) is 12.3 Å². The average molecular weight is 306 g/mol. The van der Waals surface area contributed by atoms with Crippen molar-refractivity contribution in [2.24, 2.45) is 0 Å². The fourth-order valence-electron chi connectivity index (χ4n) is 2.47. The molecule has 1 aliphatic heterocycles. The Hall–Kier alpha value is -2.08. The molecule has 1 fully saturated rings. The van der Waals surface area contributed by atoms with Crippen LogP contribution < -0.4 is 5.06 Å². The standard InChI is InChI=1S/C16H22N2O4/c1-5-21-15(20)16(2)11-13(14(19)17(3)4)18(22-16)12-9-7-6-8-10-12/h6-10,13H,5,11H2,1-4H3. The number of hydrogen-bond acceptors (Lipinski definition) is 5. The summed E-state index contributed by atoms with van der Waals surface area (Å²) in [6.07, 6.45) is 0.248. The number of carbonyl (C=O) groups is 2. The van der Waals surface area contributed by atoms with Crippen LogP contribution in [0.25, 0.3) is 0 Å². The highest BCUT2D eigenvalue weighted by atomic mass is 16.7. The molecule has 1 heterocycles. The quantitative estimate of drug-likeness (QED) is 0.791. The third-order valence-corrected chi connectivity index (χ3v) is 3.61. The Kier molecular flexibility index (Phi) is 4.71.